The topological polar surface area (TPSA) is 9.23 Å². The van der Waals surface area contributed by atoms with Gasteiger partial charge in [-0.3, -0.25) is 0 Å². The van der Waals surface area contributed by atoms with E-state index in [9.17, 15) is 17.6 Å². The van der Waals surface area contributed by atoms with Gasteiger partial charge in [0.2, 0.25) is 6.17 Å². The second-order valence-electron chi connectivity index (χ2n) is 1.43. The largest absolute Gasteiger partial charge is 0.421 e. The first-order valence-corrected chi connectivity index (χ1v) is 2.66. The molecule has 0 bridgehead atoms. The molecule has 0 saturated heterocycles. The molecule has 61 valence electrons. The van der Waals surface area contributed by atoms with Crippen LogP contribution in [0.3, 0.4) is 0 Å². The van der Waals surface area contributed by atoms with Gasteiger partial charge in [-0.15, -0.1) is 0 Å². The fourth-order valence-corrected chi connectivity index (χ4v) is 0.288. The van der Waals surface area contributed by atoms with Crippen molar-refractivity contribution >= 4 is 11.6 Å². The van der Waals surface area contributed by atoms with Crippen LogP contribution in [0.5, 0.6) is 0 Å². The first-order chi connectivity index (χ1) is 4.48. The Labute approximate surface area is 59.9 Å². The molecule has 6 heteroatoms. The van der Waals surface area contributed by atoms with Crippen LogP contribution in [0.15, 0.2) is 0 Å². The van der Waals surface area contributed by atoms with Crippen LogP contribution in [0.4, 0.5) is 17.6 Å². The molecule has 1 nitrogen and oxygen atoms in total. The van der Waals surface area contributed by atoms with Crippen LogP contribution in [-0.4, -0.2) is 19.0 Å². The summed E-state index contributed by atoms with van der Waals surface area (Å²) in [5.74, 6) is 0. The highest BCUT2D eigenvalue weighted by molar-refractivity contribution is 6.22. The van der Waals surface area contributed by atoms with Crippen molar-refractivity contribution in [2.75, 3.05) is 6.61 Å². The number of alkyl halides is 4. The molecule has 0 fully saturated rings. The molecule has 0 amide bonds. The van der Waals surface area contributed by atoms with Crippen molar-refractivity contribution in [2.24, 2.45) is 0 Å². The molecule has 0 aliphatic heterocycles. The van der Waals surface area contributed by atoms with Crippen LogP contribution in [0.1, 0.15) is 0 Å². The lowest BCUT2D eigenvalue weighted by molar-refractivity contribution is -0.190. The van der Waals surface area contributed by atoms with Gasteiger partial charge < -0.3 is 4.74 Å². The number of rotatable bonds is 3. The third-order valence-electron chi connectivity index (χ3n) is 0.661. The van der Waals surface area contributed by atoms with E-state index < -0.39 is 19.0 Å². The molecule has 0 spiro atoms. The van der Waals surface area contributed by atoms with E-state index in [4.69, 9.17) is 11.6 Å². The minimum Gasteiger partial charge on any atom is -0.355 e. The summed E-state index contributed by atoms with van der Waals surface area (Å²) in [6, 6.07) is 0.484. The lowest BCUT2D eigenvalue weighted by Crippen LogP contribution is -2.28. The van der Waals surface area contributed by atoms with Crippen LogP contribution < -0.4 is 0 Å². The summed E-state index contributed by atoms with van der Waals surface area (Å²) in [6.45, 7) is -1.09. The highest BCUT2D eigenvalue weighted by Gasteiger charge is 2.40. The molecule has 0 N–H and O–H groups in total. The minimum absolute atomic E-state index is 0.484. The number of hydrogen-bond donors (Lipinski definition) is 0. The standard InChI is InChI=1S/C4H4ClF4O/c5-2-10-1-3(6)4(7,8)9/h2-3H,1H2. The molecule has 0 aromatic carbocycles. The van der Waals surface area contributed by atoms with Crippen LogP contribution >= 0.6 is 11.6 Å². The molecule has 1 radical (unpaired) electrons. The Bertz CT molecular complexity index is 93.7. The summed E-state index contributed by atoms with van der Waals surface area (Å²) in [4.78, 5) is 0. The van der Waals surface area contributed by atoms with Gasteiger partial charge in [0.25, 0.3) is 0 Å². The third kappa shape index (κ3) is 3.90. The Hall–Kier alpha value is -0.0300. The zero-order valence-electron chi connectivity index (χ0n) is 4.66. The number of halogens is 5. The van der Waals surface area contributed by atoms with Gasteiger partial charge in [-0.25, -0.2) is 4.39 Å². The highest BCUT2D eigenvalue weighted by atomic mass is 35.5. The fraction of sp³-hybridized carbons (Fsp3) is 0.750. The van der Waals surface area contributed by atoms with E-state index in [0.717, 1.165) is 0 Å². The highest BCUT2D eigenvalue weighted by Crippen LogP contribution is 2.23. The molecule has 10 heavy (non-hydrogen) atoms. The number of hydrogen-bond acceptors (Lipinski definition) is 1. The van der Waals surface area contributed by atoms with Crippen molar-refractivity contribution in [3.05, 3.63) is 6.07 Å². The molecule has 0 aromatic rings. The van der Waals surface area contributed by atoms with Crippen molar-refractivity contribution in [1.29, 1.82) is 0 Å². The van der Waals surface area contributed by atoms with Crippen molar-refractivity contribution in [3.8, 4) is 0 Å². The zero-order valence-corrected chi connectivity index (χ0v) is 5.42. The average molecular weight is 180 g/mol. The van der Waals surface area contributed by atoms with Crippen molar-refractivity contribution in [1.82, 2.24) is 0 Å². The molecule has 0 rings (SSSR count). The molecular formula is C4H4ClF4O. The first kappa shape index (κ1) is 9.97. The molecule has 0 aromatic heterocycles. The second-order valence-corrected chi connectivity index (χ2v) is 1.61. The number of ether oxygens (including phenoxy) is 1. The van der Waals surface area contributed by atoms with Crippen molar-refractivity contribution in [2.45, 2.75) is 12.3 Å². The van der Waals surface area contributed by atoms with Crippen molar-refractivity contribution in [3.63, 3.8) is 0 Å². The molecule has 0 saturated carbocycles. The molecular weight excluding hydrogens is 175 g/mol. The first-order valence-electron chi connectivity index (χ1n) is 2.22. The Morgan fingerprint density at radius 3 is 2.30 bits per heavy atom. The maximum absolute atomic E-state index is 11.8. The zero-order chi connectivity index (χ0) is 8.20. The summed E-state index contributed by atoms with van der Waals surface area (Å²) < 4.78 is 49.4. The third-order valence-corrected chi connectivity index (χ3v) is 0.787. The van der Waals surface area contributed by atoms with E-state index >= 15 is 0 Å². The van der Waals surface area contributed by atoms with Gasteiger partial charge in [0.05, 0.1) is 6.61 Å². The van der Waals surface area contributed by atoms with Gasteiger partial charge in [-0.1, -0.05) is 11.6 Å². The van der Waals surface area contributed by atoms with E-state index in [1.165, 1.54) is 0 Å². The van der Waals surface area contributed by atoms with E-state index in [1.807, 2.05) is 0 Å². The monoisotopic (exact) mass is 179 g/mol. The van der Waals surface area contributed by atoms with Gasteiger partial charge in [0.1, 0.15) is 0 Å². The van der Waals surface area contributed by atoms with Crippen molar-refractivity contribution < 1.29 is 22.3 Å². The molecule has 0 aliphatic rings. The minimum atomic E-state index is -4.86. The van der Waals surface area contributed by atoms with Gasteiger partial charge >= 0.3 is 6.18 Å². The van der Waals surface area contributed by atoms with Gasteiger partial charge in [0.15, 0.2) is 6.07 Å². The van der Waals surface area contributed by atoms with Crippen LogP contribution in [-0.2, 0) is 4.74 Å². The molecule has 1 atom stereocenters. The summed E-state index contributed by atoms with van der Waals surface area (Å²) in [5.41, 5.74) is 0. The quantitative estimate of drug-likeness (QED) is 0.604. The smallest absolute Gasteiger partial charge is 0.355 e. The Kier molecular flexibility index (Phi) is 3.96. The summed E-state index contributed by atoms with van der Waals surface area (Å²) in [7, 11) is 0. The molecule has 0 aliphatic carbocycles. The van der Waals surface area contributed by atoms with Gasteiger partial charge in [-0.05, 0) is 0 Å². The average Bonchev–Trinajstić information content (AvgIpc) is 1.80. The van der Waals surface area contributed by atoms with E-state index in [0.29, 0.717) is 6.07 Å². The second kappa shape index (κ2) is 3.98. The Morgan fingerprint density at radius 1 is 1.50 bits per heavy atom. The Balaban J connectivity index is 3.52. The van der Waals surface area contributed by atoms with Crippen LogP contribution in [0, 0.1) is 6.07 Å². The fourth-order valence-electron chi connectivity index (χ4n) is 0.215. The molecule has 0 heterocycles. The van der Waals surface area contributed by atoms with Gasteiger partial charge in [-0.2, -0.15) is 13.2 Å². The SMILES string of the molecule is FC(CO[CH]Cl)C(F)(F)F. The summed E-state index contributed by atoms with van der Waals surface area (Å²) in [6.07, 6.45) is -7.83. The van der Waals surface area contributed by atoms with Gasteiger partial charge in [0, 0.05) is 0 Å². The van der Waals surface area contributed by atoms with E-state index in [-0.39, 0.29) is 0 Å². The predicted octanol–water partition coefficient (Wildman–Crippen LogP) is 2.26. The summed E-state index contributed by atoms with van der Waals surface area (Å²) >= 11 is 4.71. The van der Waals surface area contributed by atoms with Crippen LogP contribution in [0.2, 0.25) is 0 Å². The maximum Gasteiger partial charge on any atom is 0.421 e. The normalized spacial score (nSPS) is 15.3. The van der Waals surface area contributed by atoms with Crippen LogP contribution in [0.25, 0.3) is 0 Å². The molecule has 1 unspecified atom stereocenters. The van der Waals surface area contributed by atoms with E-state index in [1.54, 1.807) is 0 Å². The maximum atomic E-state index is 11.8. The Morgan fingerprint density at radius 2 is 2.00 bits per heavy atom. The summed E-state index contributed by atoms with van der Waals surface area (Å²) in [5, 5.41) is 0. The lowest BCUT2D eigenvalue weighted by Gasteiger charge is -2.10. The predicted molar refractivity (Wildman–Crippen MR) is 27.1 cm³/mol. The van der Waals surface area contributed by atoms with E-state index in [2.05, 4.69) is 4.74 Å². The lowest BCUT2D eigenvalue weighted by atomic mass is 10.4.